The Labute approximate surface area is 160 Å². The Morgan fingerprint density at radius 1 is 1.00 bits per heavy atom. The Hall–Kier alpha value is -2.88. The predicted molar refractivity (Wildman–Crippen MR) is 106 cm³/mol. The average Bonchev–Trinajstić information content (AvgIpc) is 2.85. The highest BCUT2D eigenvalue weighted by molar-refractivity contribution is 6.05. The van der Waals surface area contributed by atoms with Gasteiger partial charge in [-0.05, 0) is 37.5 Å². The van der Waals surface area contributed by atoms with Crippen LogP contribution in [0.25, 0.3) is 11.1 Å². The van der Waals surface area contributed by atoms with Gasteiger partial charge in [0.15, 0.2) is 0 Å². The number of carbonyl (C=O) groups is 2. The largest absolute Gasteiger partial charge is 0.443 e. The highest BCUT2D eigenvalue weighted by Crippen LogP contribution is 2.41. The lowest BCUT2D eigenvalue weighted by atomic mass is 9.92. The van der Waals surface area contributed by atoms with Crippen LogP contribution in [0.1, 0.15) is 39.3 Å². The summed E-state index contributed by atoms with van der Waals surface area (Å²) in [7, 11) is 0. The zero-order valence-corrected chi connectivity index (χ0v) is 16.2. The van der Waals surface area contributed by atoms with E-state index in [1.807, 2.05) is 61.5 Å². The van der Waals surface area contributed by atoms with E-state index >= 15 is 0 Å². The molecule has 0 radical (unpaired) electrons. The summed E-state index contributed by atoms with van der Waals surface area (Å²) in [4.78, 5) is 26.5. The normalized spacial score (nSPS) is 20.1. The van der Waals surface area contributed by atoms with Crippen LogP contribution in [0.3, 0.4) is 0 Å². The van der Waals surface area contributed by atoms with Gasteiger partial charge in [0.1, 0.15) is 5.60 Å². The Kier molecular flexibility index (Phi) is 4.92. The van der Waals surface area contributed by atoms with Crippen LogP contribution in [0.15, 0.2) is 66.7 Å². The SMILES string of the molecule is C=C1C(=O)N(C(=O)OC(C)(C)C)C(c2ccc(-c3ccccc3)cc2)[C@@H]1C. The maximum atomic E-state index is 12.7. The van der Waals surface area contributed by atoms with Crippen molar-refractivity contribution in [2.75, 3.05) is 0 Å². The number of likely N-dealkylation sites (tertiary alicyclic amines) is 1. The second kappa shape index (κ2) is 7.03. The molecular formula is C23H25NO3. The Morgan fingerprint density at radius 3 is 2.11 bits per heavy atom. The van der Waals surface area contributed by atoms with Crippen LogP contribution in [0.5, 0.6) is 0 Å². The summed E-state index contributed by atoms with van der Waals surface area (Å²) in [5.41, 5.74) is 2.84. The molecule has 1 unspecified atom stereocenters. The Bertz CT molecular complexity index is 863. The maximum absolute atomic E-state index is 12.7. The molecular weight excluding hydrogens is 338 g/mol. The van der Waals surface area contributed by atoms with Gasteiger partial charge < -0.3 is 4.74 Å². The van der Waals surface area contributed by atoms with Crippen molar-refractivity contribution in [1.82, 2.24) is 4.90 Å². The molecule has 4 heteroatoms. The Morgan fingerprint density at radius 2 is 1.56 bits per heavy atom. The molecule has 0 bridgehead atoms. The molecule has 3 rings (SSSR count). The number of hydrogen-bond donors (Lipinski definition) is 0. The number of rotatable bonds is 2. The third-order valence-corrected chi connectivity index (χ3v) is 4.74. The molecule has 0 aliphatic carbocycles. The minimum Gasteiger partial charge on any atom is -0.443 e. The van der Waals surface area contributed by atoms with Crippen LogP contribution in [0.4, 0.5) is 4.79 Å². The quantitative estimate of drug-likeness (QED) is 0.674. The third kappa shape index (κ3) is 3.80. The third-order valence-electron chi connectivity index (χ3n) is 4.74. The fourth-order valence-corrected chi connectivity index (χ4v) is 3.34. The highest BCUT2D eigenvalue weighted by atomic mass is 16.6. The predicted octanol–water partition coefficient (Wildman–Crippen LogP) is 5.36. The summed E-state index contributed by atoms with van der Waals surface area (Å²) in [6.07, 6.45) is -0.630. The zero-order valence-electron chi connectivity index (χ0n) is 16.2. The van der Waals surface area contributed by atoms with Crippen molar-refractivity contribution in [3.05, 3.63) is 72.3 Å². The summed E-state index contributed by atoms with van der Waals surface area (Å²) in [6.45, 7) is 11.2. The molecule has 4 nitrogen and oxygen atoms in total. The number of carbonyl (C=O) groups excluding carboxylic acids is 2. The standard InChI is InChI=1S/C23H25NO3/c1-15-16(2)21(25)24(22(26)27-23(3,4)5)20(15)19-13-11-18(12-14-19)17-9-7-6-8-10-17/h6-15,20H,2H2,1,3-5H3/t15-,20?/m1/s1. The fraction of sp³-hybridized carbons (Fsp3) is 0.304. The van der Waals surface area contributed by atoms with Crippen molar-refractivity contribution < 1.29 is 14.3 Å². The lowest BCUT2D eigenvalue weighted by molar-refractivity contribution is -0.125. The van der Waals surface area contributed by atoms with Crippen molar-refractivity contribution in [3.63, 3.8) is 0 Å². The van der Waals surface area contributed by atoms with Crippen molar-refractivity contribution >= 4 is 12.0 Å². The van der Waals surface area contributed by atoms with Crippen LogP contribution in [-0.2, 0) is 9.53 Å². The van der Waals surface area contributed by atoms with E-state index in [2.05, 4.69) is 6.58 Å². The molecule has 2 aromatic rings. The molecule has 140 valence electrons. The van der Waals surface area contributed by atoms with E-state index in [1.165, 1.54) is 4.90 Å². The van der Waals surface area contributed by atoms with Crippen molar-refractivity contribution in [2.45, 2.75) is 39.3 Å². The van der Waals surface area contributed by atoms with Crippen molar-refractivity contribution in [2.24, 2.45) is 5.92 Å². The topological polar surface area (TPSA) is 46.6 Å². The first-order chi connectivity index (χ1) is 12.7. The molecule has 0 spiro atoms. The number of imide groups is 1. The molecule has 2 atom stereocenters. The van der Waals surface area contributed by atoms with Crippen LogP contribution < -0.4 is 0 Å². The molecule has 1 aliphatic heterocycles. The van der Waals surface area contributed by atoms with Crippen LogP contribution in [0, 0.1) is 5.92 Å². The van der Waals surface area contributed by atoms with E-state index in [1.54, 1.807) is 20.8 Å². The number of hydrogen-bond acceptors (Lipinski definition) is 3. The fourth-order valence-electron chi connectivity index (χ4n) is 3.34. The van der Waals surface area contributed by atoms with Crippen molar-refractivity contribution in [1.29, 1.82) is 0 Å². The first kappa shape index (κ1) is 18.9. The van der Waals surface area contributed by atoms with E-state index in [0.717, 1.165) is 16.7 Å². The number of amides is 2. The van der Waals surface area contributed by atoms with Crippen LogP contribution in [0.2, 0.25) is 0 Å². The minimum absolute atomic E-state index is 0.174. The maximum Gasteiger partial charge on any atom is 0.417 e. The average molecular weight is 363 g/mol. The van der Waals surface area contributed by atoms with Gasteiger partial charge in [-0.2, -0.15) is 0 Å². The number of benzene rings is 2. The van der Waals surface area contributed by atoms with E-state index in [4.69, 9.17) is 4.74 Å². The summed E-state index contributed by atoms with van der Waals surface area (Å²) < 4.78 is 5.46. The second-order valence-electron chi connectivity index (χ2n) is 7.90. The van der Waals surface area contributed by atoms with Gasteiger partial charge in [-0.25, -0.2) is 9.69 Å². The van der Waals surface area contributed by atoms with E-state index in [-0.39, 0.29) is 11.8 Å². The van der Waals surface area contributed by atoms with Gasteiger partial charge in [-0.3, -0.25) is 4.79 Å². The van der Waals surface area contributed by atoms with Crippen LogP contribution >= 0.6 is 0 Å². The molecule has 1 fully saturated rings. The van der Waals surface area contributed by atoms with Crippen LogP contribution in [-0.4, -0.2) is 22.5 Å². The smallest absolute Gasteiger partial charge is 0.417 e. The van der Waals surface area contributed by atoms with Gasteiger partial charge in [0.25, 0.3) is 5.91 Å². The highest BCUT2D eigenvalue weighted by Gasteiger charge is 2.46. The van der Waals surface area contributed by atoms with E-state index < -0.39 is 17.7 Å². The van der Waals surface area contributed by atoms with Gasteiger partial charge >= 0.3 is 6.09 Å². The van der Waals surface area contributed by atoms with Gasteiger partial charge in [-0.1, -0.05) is 68.1 Å². The lowest BCUT2D eigenvalue weighted by Crippen LogP contribution is -2.39. The summed E-state index contributed by atoms with van der Waals surface area (Å²) in [6, 6.07) is 17.6. The summed E-state index contributed by atoms with van der Waals surface area (Å²) >= 11 is 0. The number of ether oxygens (including phenoxy) is 1. The first-order valence-electron chi connectivity index (χ1n) is 9.10. The first-order valence-corrected chi connectivity index (χ1v) is 9.10. The zero-order chi connectivity index (χ0) is 19.8. The molecule has 27 heavy (non-hydrogen) atoms. The molecule has 0 N–H and O–H groups in total. The van der Waals surface area contributed by atoms with E-state index in [0.29, 0.717) is 5.57 Å². The molecule has 0 saturated carbocycles. The molecule has 2 aromatic carbocycles. The Balaban J connectivity index is 1.93. The van der Waals surface area contributed by atoms with Crippen molar-refractivity contribution in [3.8, 4) is 11.1 Å². The lowest BCUT2D eigenvalue weighted by Gasteiger charge is -2.28. The molecule has 1 heterocycles. The second-order valence-corrected chi connectivity index (χ2v) is 7.90. The molecule has 2 amide bonds. The number of nitrogens with zero attached hydrogens (tertiary/aromatic N) is 1. The summed E-state index contributed by atoms with van der Waals surface area (Å²) in [5.74, 6) is -0.540. The molecule has 0 aromatic heterocycles. The summed E-state index contributed by atoms with van der Waals surface area (Å²) in [5, 5.41) is 0. The molecule has 1 aliphatic rings. The van der Waals surface area contributed by atoms with Gasteiger partial charge in [-0.15, -0.1) is 0 Å². The van der Waals surface area contributed by atoms with Gasteiger partial charge in [0.05, 0.1) is 6.04 Å². The van der Waals surface area contributed by atoms with Gasteiger partial charge in [0, 0.05) is 11.5 Å². The minimum atomic E-state index is -0.674. The van der Waals surface area contributed by atoms with E-state index in [9.17, 15) is 9.59 Å². The van der Waals surface area contributed by atoms with Gasteiger partial charge in [0.2, 0.25) is 0 Å². The molecule has 1 saturated heterocycles. The monoisotopic (exact) mass is 363 g/mol.